The van der Waals surface area contributed by atoms with Crippen LogP contribution >= 0.6 is 0 Å². The predicted octanol–water partition coefficient (Wildman–Crippen LogP) is 1.02. The highest BCUT2D eigenvalue weighted by Crippen LogP contribution is 2.14. The number of amides is 1. The molecule has 21 heavy (non-hydrogen) atoms. The summed E-state index contributed by atoms with van der Waals surface area (Å²) in [7, 11) is -3.25. The number of hydrogen-bond acceptors (Lipinski definition) is 6. The van der Waals surface area contributed by atoms with Gasteiger partial charge in [-0.3, -0.25) is 10.6 Å². The summed E-state index contributed by atoms with van der Waals surface area (Å²) < 4.78 is 22.7. The third-order valence-corrected chi connectivity index (χ3v) is 3.83. The van der Waals surface area contributed by atoms with Gasteiger partial charge in [0.05, 0.1) is 16.8 Å². The van der Waals surface area contributed by atoms with Gasteiger partial charge in [0.2, 0.25) is 0 Å². The second kappa shape index (κ2) is 5.90. The summed E-state index contributed by atoms with van der Waals surface area (Å²) in [6, 6.07) is 9.04. The SMILES string of the molecule is CS(=O)(=O)c1ccc(NC(=O)c2ccc(NN)cn2)cc1. The average Bonchev–Trinajstić information content (AvgIpc) is 2.47. The molecule has 0 fully saturated rings. The Labute approximate surface area is 122 Å². The van der Waals surface area contributed by atoms with Crippen LogP contribution in [0.1, 0.15) is 10.5 Å². The zero-order valence-electron chi connectivity index (χ0n) is 11.2. The number of nitrogens with one attached hydrogen (secondary N) is 2. The molecule has 7 nitrogen and oxygen atoms in total. The summed E-state index contributed by atoms with van der Waals surface area (Å²) >= 11 is 0. The maximum atomic E-state index is 12.0. The number of aromatic nitrogens is 1. The Morgan fingerprint density at radius 3 is 2.19 bits per heavy atom. The molecule has 1 amide bonds. The maximum Gasteiger partial charge on any atom is 0.274 e. The second-order valence-corrected chi connectivity index (χ2v) is 6.34. The average molecular weight is 306 g/mol. The highest BCUT2D eigenvalue weighted by molar-refractivity contribution is 7.90. The number of rotatable bonds is 4. The molecule has 0 radical (unpaired) electrons. The maximum absolute atomic E-state index is 12.0. The highest BCUT2D eigenvalue weighted by atomic mass is 32.2. The molecule has 0 aliphatic rings. The fraction of sp³-hybridized carbons (Fsp3) is 0.0769. The van der Waals surface area contributed by atoms with Gasteiger partial charge in [-0.2, -0.15) is 0 Å². The molecule has 4 N–H and O–H groups in total. The standard InChI is InChI=1S/C13H14N4O3S/c1-21(19,20)11-5-2-9(3-6-11)16-13(18)12-7-4-10(17-14)8-15-12/h2-8,17H,14H2,1H3,(H,16,18). The zero-order chi connectivity index (χ0) is 15.5. The van der Waals surface area contributed by atoms with Gasteiger partial charge >= 0.3 is 0 Å². The summed E-state index contributed by atoms with van der Waals surface area (Å²) in [5.41, 5.74) is 3.70. The lowest BCUT2D eigenvalue weighted by molar-refractivity contribution is 0.102. The van der Waals surface area contributed by atoms with E-state index in [9.17, 15) is 13.2 Å². The van der Waals surface area contributed by atoms with E-state index in [1.165, 1.54) is 36.5 Å². The highest BCUT2D eigenvalue weighted by Gasteiger charge is 2.09. The van der Waals surface area contributed by atoms with Gasteiger partial charge in [-0.15, -0.1) is 0 Å². The van der Waals surface area contributed by atoms with Crippen LogP contribution in [0, 0.1) is 0 Å². The van der Waals surface area contributed by atoms with Gasteiger partial charge in [-0.05, 0) is 36.4 Å². The predicted molar refractivity (Wildman–Crippen MR) is 79.6 cm³/mol. The molecule has 110 valence electrons. The van der Waals surface area contributed by atoms with Crippen molar-refractivity contribution in [1.29, 1.82) is 0 Å². The van der Waals surface area contributed by atoms with Crippen LogP contribution < -0.4 is 16.6 Å². The molecule has 0 aliphatic heterocycles. The summed E-state index contributed by atoms with van der Waals surface area (Å²) in [4.78, 5) is 16.1. The van der Waals surface area contributed by atoms with Crippen LogP contribution in [0.4, 0.5) is 11.4 Å². The van der Waals surface area contributed by atoms with E-state index in [2.05, 4.69) is 15.7 Å². The quantitative estimate of drug-likeness (QED) is 0.574. The monoisotopic (exact) mass is 306 g/mol. The number of hydrazine groups is 1. The van der Waals surface area contributed by atoms with E-state index in [1.54, 1.807) is 6.07 Å². The fourth-order valence-corrected chi connectivity index (χ4v) is 2.22. The number of nitrogens with zero attached hydrogens (tertiary/aromatic N) is 1. The molecule has 1 heterocycles. The molecule has 1 aromatic carbocycles. The third-order valence-electron chi connectivity index (χ3n) is 2.70. The van der Waals surface area contributed by atoms with Gasteiger partial charge in [0.15, 0.2) is 9.84 Å². The fourth-order valence-electron chi connectivity index (χ4n) is 1.59. The number of nitrogens with two attached hydrogens (primary N) is 1. The van der Waals surface area contributed by atoms with E-state index in [0.29, 0.717) is 11.4 Å². The molecular weight excluding hydrogens is 292 g/mol. The topological polar surface area (TPSA) is 114 Å². The lowest BCUT2D eigenvalue weighted by Crippen LogP contribution is -2.14. The van der Waals surface area contributed by atoms with Crippen molar-refractivity contribution in [3.63, 3.8) is 0 Å². The molecular formula is C13H14N4O3S. The zero-order valence-corrected chi connectivity index (χ0v) is 12.0. The van der Waals surface area contributed by atoms with Crippen LogP contribution in [-0.4, -0.2) is 25.6 Å². The first-order chi connectivity index (χ1) is 9.90. The van der Waals surface area contributed by atoms with Gasteiger partial charge in [0, 0.05) is 11.9 Å². The van der Waals surface area contributed by atoms with Gasteiger partial charge in [-0.1, -0.05) is 0 Å². The van der Waals surface area contributed by atoms with E-state index < -0.39 is 15.7 Å². The smallest absolute Gasteiger partial charge is 0.274 e. The molecule has 8 heteroatoms. The van der Waals surface area contributed by atoms with Crippen molar-refractivity contribution >= 4 is 27.1 Å². The minimum Gasteiger partial charge on any atom is -0.323 e. The van der Waals surface area contributed by atoms with E-state index in [-0.39, 0.29) is 10.6 Å². The minimum atomic E-state index is -3.25. The molecule has 0 bridgehead atoms. The van der Waals surface area contributed by atoms with Crippen LogP contribution in [0.25, 0.3) is 0 Å². The molecule has 2 aromatic rings. The number of hydrogen-bond donors (Lipinski definition) is 3. The van der Waals surface area contributed by atoms with Crippen LogP contribution in [-0.2, 0) is 9.84 Å². The number of anilines is 2. The first-order valence-corrected chi connectivity index (χ1v) is 7.83. The van der Waals surface area contributed by atoms with Crippen LogP contribution in [0.2, 0.25) is 0 Å². The van der Waals surface area contributed by atoms with Crippen molar-refractivity contribution < 1.29 is 13.2 Å². The van der Waals surface area contributed by atoms with Crippen molar-refractivity contribution in [3.8, 4) is 0 Å². The lowest BCUT2D eigenvalue weighted by Gasteiger charge is -2.06. The normalized spacial score (nSPS) is 11.0. The number of benzene rings is 1. The first kappa shape index (κ1) is 14.9. The Balaban J connectivity index is 2.12. The molecule has 0 aliphatic carbocycles. The van der Waals surface area contributed by atoms with Crippen molar-refractivity contribution in [1.82, 2.24) is 4.98 Å². The lowest BCUT2D eigenvalue weighted by atomic mass is 10.3. The molecule has 0 atom stereocenters. The molecule has 1 aromatic heterocycles. The number of carbonyl (C=O) groups excluding carboxylic acids is 1. The van der Waals surface area contributed by atoms with Gasteiger partial charge in [0.25, 0.3) is 5.91 Å². The number of nitrogen functional groups attached to an aromatic ring is 1. The summed E-state index contributed by atoms with van der Waals surface area (Å²) in [6.07, 6.45) is 2.55. The number of pyridine rings is 1. The van der Waals surface area contributed by atoms with Gasteiger partial charge in [0.1, 0.15) is 5.69 Å². The second-order valence-electron chi connectivity index (χ2n) is 4.33. The minimum absolute atomic E-state index is 0.192. The van der Waals surface area contributed by atoms with Gasteiger partial charge < -0.3 is 10.7 Å². The Bertz CT molecular complexity index is 740. The van der Waals surface area contributed by atoms with E-state index in [1.807, 2.05) is 0 Å². The van der Waals surface area contributed by atoms with E-state index >= 15 is 0 Å². The molecule has 0 unspecified atom stereocenters. The molecule has 2 rings (SSSR count). The summed E-state index contributed by atoms with van der Waals surface area (Å²) in [5, 5.41) is 2.63. The summed E-state index contributed by atoms with van der Waals surface area (Å²) in [5.74, 6) is 4.81. The molecule has 0 spiro atoms. The largest absolute Gasteiger partial charge is 0.323 e. The Hall–Kier alpha value is -2.45. The van der Waals surface area contributed by atoms with E-state index in [0.717, 1.165) is 6.26 Å². The van der Waals surface area contributed by atoms with E-state index in [4.69, 9.17) is 5.84 Å². The number of carbonyl (C=O) groups is 1. The number of sulfone groups is 1. The van der Waals surface area contributed by atoms with Crippen molar-refractivity contribution in [2.45, 2.75) is 4.90 Å². The van der Waals surface area contributed by atoms with Gasteiger partial charge in [-0.25, -0.2) is 13.4 Å². The third kappa shape index (κ3) is 3.77. The van der Waals surface area contributed by atoms with Crippen LogP contribution in [0.3, 0.4) is 0 Å². The first-order valence-electron chi connectivity index (χ1n) is 5.94. The Morgan fingerprint density at radius 1 is 1.10 bits per heavy atom. The Kier molecular flexibility index (Phi) is 4.20. The van der Waals surface area contributed by atoms with Crippen molar-refractivity contribution in [2.75, 3.05) is 17.0 Å². The molecule has 0 saturated carbocycles. The van der Waals surface area contributed by atoms with Crippen LogP contribution in [0.5, 0.6) is 0 Å². The van der Waals surface area contributed by atoms with Crippen LogP contribution in [0.15, 0.2) is 47.5 Å². The van der Waals surface area contributed by atoms with Crippen molar-refractivity contribution in [3.05, 3.63) is 48.3 Å². The molecule has 0 saturated heterocycles. The Morgan fingerprint density at radius 2 is 1.71 bits per heavy atom. The van der Waals surface area contributed by atoms with Crippen molar-refractivity contribution in [2.24, 2.45) is 5.84 Å². The summed E-state index contributed by atoms with van der Waals surface area (Å²) in [6.45, 7) is 0.